The van der Waals surface area contributed by atoms with Crippen molar-refractivity contribution in [3.8, 4) is 5.75 Å². The lowest BCUT2D eigenvalue weighted by Gasteiger charge is -2.29. The van der Waals surface area contributed by atoms with Gasteiger partial charge in [0.2, 0.25) is 17.4 Å². The number of esters is 1. The number of aromatic hydroxyl groups is 1. The van der Waals surface area contributed by atoms with Crippen molar-refractivity contribution in [3.05, 3.63) is 60.2 Å². The number of fused-ring (bicyclic) bond motifs is 1. The smallest absolute Gasteiger partial charge is 0.368 e. The maximum Gasteiger partial charge on any atom is 0.368 e. The predicted octanol–water partition coefficient (Wildman–Crippen LogP) is 1.92. The summed E-state index contributed by atoms with van der Waals surface area (Å²) in [6.45, 7) is 2.02. The van der Waals surface area contributed by atoms with Gasteiger partial charge in [-0.1, -0.05) is 31.5 Å². The molecule has 162 valence electrons. The molecule has 2 saturated heterocycles. The van der Waals surface area contributed by atoms with Gasteiger partial charge in [-0.25, -0.2) is 9.69 Å². The Bertz CT molecular complexity index is 991. The maximum atomic E-state index is 13.7. The molecule has 2 heterocycles. The highest BCUT2D eigenvalue weighted by molar-refractivity contribution is 6.23. The van der Waals surface area contributed by atoms with E-state index in [9.17, 15) is 19.5 Å². The van der Waals surface area contributed by atoms with Crippen molar-refractivity contribution in [2.45, 2.75) is 37.8 Å². The third-order valence-electron chi connectivity index (χ3n) is 6.57. The number of anilines is 1. The number of phenols is 1. The van der Waals surface area contributed by atoms with E-state index in [0.29, 0.717) is 12.1 Å². The van der Waals surface area contributed by atoms with E-state index in [2.05, 4.69) is 0 Å². The van der Waals surface area contributed by atoms with Gasteiger partial charge in [0.1, 0.15) is 23.6 Å². The van der Waals surface area contributed by atoms with E-state index < -0.39 is 29.4 Å². The van der Waals surface area contributed by atoms with Crippen LogP contribution in [0, 0.1) is 11.8 Å². The second kappa shape index (κ2) is 8.15. The van der Waals surface area contributed by atoms with Gasteiger partial charge in [0.15, 0.2) is 0 Å². The average Bonchev–Trinajstić information content (AvgIpc) is 3.27. The molecule has 0 aromatic heterocycles. The fourth-order valence-corrected chi connectivity index (χ4v) is 5.15. The van der Waals surface area contributed by atoms with E-state index in [1.165, 1.54) is 12.0 Å². The van der Waals surface area contributed by atoms with Crippen LogP contribution in [0.2, 0.25) is 0 Å². The van der Waals surface area contributed by atoms with E-state index in [1.807, 2.05) is 18.3 Å². The number of ether oxygens (including phenoxy) is 1. The molecule has 7 nitrogen and oxygen atoms in total. The number of hydrogen-bond acceptors (Lipinski definition) is 5. The molecule has 2 aliphatic heterocycles. The minimum Gasteiger partial charge on any atom is -0.508 e. The molecule has 4 atom stereocenters. The fraction of sp³-hybridized carbons (Fsp3) is 0.375. The first kappa shape index (κ1) is 21.1. The van der Waals surface area contributed by atoms with Gasteiger partial charge >= 0.3 is 5.97 Å². The Kier molecular flexibility index (Phi) is 5.54. The number of unbranched alkanes of at least 4 members (excludes halogenated alkanes) is 1. The number of imide groups is 1. The third-order valence-corrected chi connectivity index (χ3v) is 6.57. The van der Waals surface area contributed by atoms with Crippen LogP contribution in [0.4, 0.5) is 5.69 Å². The highest BCUT2D eigenvalue weighted by atomic mass is 16.5. The van der Waals surface area contributed by atoms with Crippen LogP contribution in [0.25, 0.3) is 0 Å². The number of carbonyl (C=O) groups is 3. The Balaban J connectivity index is 1.85. The molecule has 2 aromatic carbocycles. The lowest BCUT2D eigenvalue weighted by atomic mass is 9.76. The normalized spacial score (nSPS) is 27.4. The Morgan fingerprint density at radius 1 is 1.10 bits per heavy atom. The van der Waals surface area contributed by atoms with Crippen molar-refractivity contribution < 1.29 is 29.5 Å². The minimum atomic E-state index is -1.17. The summed E-state index contributed by atoms with van der Waals surface area (Å²) in [5.41, 5.74) is 0.116. The summed E-state index contributed by atoms with van der Waals surface area (Å²) in [4.78, 5) is 41.6. The molecule has 0 unspecified atom stereocenters. The molecule has 2 fully saturated rings. The molecule has 0 bridgehead atoms. The van der Waals surface area contributed by atoms with Gasteiger partial charge in [-0.05, 0) is 42.8 Å². The Hall–Kier alpha value is -3.19. The van der Waals surface area contributed by atoms with E-state index >= 15 is 0 Å². The molecule has 7 heteroatoms. The topological polar surface area (TPSA) is 101 Å². The van der Waals surface area contributed by atoms with Crippen molar-refractivity contribution in [3.63, 3.8) is 0 Å². The summed E-state index contributed by atoms with van der Waals surface area (Å²) in [5, 5.41) is 11.6. The van der Waals surface area contributed by atoms with Crippen molar-refractivity contribution >= 4 is 23.5 Å². The van der Waals surface area contributed by atoms with Crippen molar-refractivity contribution in [2.75, 3.05) is 12.0 Å². The molecule has 2 amide bonds. The number of quaternary nitrogens is 1. The predicted molar refractivity (Wildman–Crippen MR) is 113 cm³/mol. The molecule has 3 N–H and O–H groups in total. The average molecular weight is 423 g/mol. The number of benzene rings is 2. The Morgan fingerprint density at radius 2 is 1.77 bits per heavy atom. The van der Waals surface area contributed by atoms with Crippen LogP contribution in [-0.4, -0.2) is 35.5 Å². The maximum absolute atomic E-state index is 13.7. The zero-order chi connectivity index (χ0) is 22.2. The second-order valence-electron chi connectivity index (χ2n) is 8.27. The number of phenolic OH excluding ortho intramolecular Hbond substituents is 1. The first-order valence-electron chi connectivity index (χ1n) is 10.6. The van der Waals surface area contributed by atoms with E-state index in [-0.39, 0.29) is 17.6 Å². The number of nitrogens with zero attached hydrogens (tertiary/aromatic N) is 1. The van der Waals surface area contributed by atoms with E-state index in [4.69, 9.17) is 4.74 Å². The van der Waals surface area contributed by atoms with Gasteiger partial charge in [-0.3, -0.25) is 9.59 Å². The number of rotatable bonds is 6. The number of amides is 2. The highest BCUT2D eigenvalue weighted by Crippen LogP contribution is 2.47. The third kappa shape index (κ3) is 3.29. The van der Waals surface area contributed by atoms with Gasteiger partial charge in [-0.15, -0.1) is 0 Å². The summed E-state index contributed by atoms with van der Waals surface area (Å²) in [7, 11) is 1.32. The SMILES string of the molecule is CCCC[C@@]1(C(=O)OC)[NH2+][C@@H](c2ccc(O)cc2)[C@H]2C(=O)N(c3ccccc3)C(=O)[C@@H]21. The summed E-state index contributed by atoms with van der Waals surface area (Å²) in [6.07, 6.45) is 2.01. The number of para-hydroxylation sites is 1. The molecular weight excluding hydrogens is 396 g/mol. The summed E-state index contributed by atoms with van der Waals surface area (Å²) >= 11 is 0. The molecule has 31 heavy (non-hydrogen) atoms. The Morgan fingerprint density at radius 3 is 2.39 bits per heavy atom. The van der Waals surface area contributed by atoms with Crippen molar-refractivity contribution in [2.24, 2.45) is 11.8 Å². The van der Waals surface area contributed by atoms with Gasteiger partial charge in [-0.2, -0.15) is 0 Å². The van der Waals surface area contributed by atoms with E-state index in [0.717, 1.165) is 18.4 Å². The summed E-state index contributed by atoms with van der Waals surface area (Å²) in [5.74, 6) is -2.55. The van der Waals surface area contributed by atoms with Gasteiger partial charge in [0, 0.05) is 12.0 Å². The summed E-state index contributed by atoms with van der Waals surface area (Å²) < 4.78 is 5.18. The van der Waals surface area contributed by atoms with Crippen molar-refractivity contribution in [1.82, 2.24) is 0 Å². The Labute approximate surface area is 181 Å². The zero-order valence-corrected chi connectivity index (χ0v) is 17.7. The van der Waals surface area contributed by atoms with Crippen LogP contribution >= 0.6 is 0 Å². The van der Waals surface area contributed by atoms with Crippen LogP contribution in [0.15, 0.2) is 54.6 Å². The highest BCUT2D eigenvalue weighted by Gasteiger charge is 2.72. The number of carbonyl (C=O) groups excluding carboxylic acids is 3. The molecular formula is C24H27N2O5+. The molecule has 2 aromatic rings. The number of nitrogens with two attached hydrogens (primary N) is 1. The quantitative estimate of drug-likeness (QED) is 0.546. The summed E-state index contributed by atoms with van der Waals surface area (Å²) in [6, 6.07) is 15.0. The first-order valence-corrected chi connectivity index (χ1v) is 10.6. The van der Waals surface area contributed by atoms with Crippen LogP contribution in [0.3, 0.4) is 0 Å². The van der Waals surface area contributed by atoms with Crippen LogP contribution in [0.1, 0.15) is 37.8 Å². The van der Waals surface area contributed by atoms with Crippen LogP contribution in [0.5, 0.6) is 5.75 Å². The van der Waals surface area contributed by atoms with Gasteiger partial charge in [0.05, 0.1) is 12.8 Å². The minimum absolute atomic E-state index is 0.114. The van der Waals surface area contributed by atoms with Crippen LogP contribution < -0.4 is 10.2 Å². The molecule has 0 radical (unpaired) electrons. The molecule has 0 aliphatic carbocycles. The van der Waals surface area contributed by atoms with E-state index in [1.54, 1.807) is 48.5 Å². The zero-order valence-electron chi connectivity index (χ0n) is 17.7. The molecule has 2 aliphatic rings. The van der Waals surface area contributed by atoms with Gasteiger partial charge in [0.25, 0.3) is 0 Å². The monoisotopic (exact) mass is 423 g/mol. The number of hydrogen-bond donors (Lipinski definition) is 2. The largest absolute Gasteiger partial charge is 0.508 e. The fourth-order valence-electron chi connectivity index (χ4n) is 5.15. The van der Waals surface area contributed by atoms with Gasteiger partial charge < -0.3 is 15.2 Å². The van der Waals surface area contributed by atoms with Crippen LogP contribution in [-0.2, 0) is 19.1 Å². The van der Waals surface area contributed by atoms with Crippen molar-refractivity contribution in [1.29, 1.82) is 0 Å². The lowest BCUT2D eigenvalue weighted by molar-refractivity contribution is -0.734. The second-order valence-corrected chi connectivity index (χ2v) is 8.27. The molecule has 4 rings (SSSR count). The standard InChI is InChI=1S/C24H26N2O5/c1-3-4-14-24(23(30)31-2)19-18(20(25-24)15-10-12-17(27)13-11-15)21(28)26(22(19)29)16-8-6-5-7-9-16/h5-13,18-20,25,27H,3-4,14H2,1-2H3/p+1/t18-,19+,20-,24+/m0/s1. The molecule has 0 saturated carbocycles. The first-order chi connectivity index (χ1) is 14.9. The number of methoxy groups -OCH3 is 1. The molecule has 0 spiro atoms. The lowest BCUT2D eigenvalue weighted by Crippen LogP contribution is -2.98.